The molecule has 4 rings (SSSR count). The van der Waals surface area contributed by atoms with Crippen molar-refractivity contribution in [1.29, 1.82) is 0 Å². The average Bonchev–Trinajstić information content (AvgIpc) is 3.36. The third kappa shape index (κ3) is 8.98. The summed E-state index contributed by atoms with van der Waals surface area (Å²) in [6.07, 6.45) is 22.8. The number of aliphatic hydroxyl groups is 3. The second kappa shape index (κ2) is 18.4. The lowest BCUT2D eigenvalue weighted by Gasteiger charge is -2.60. The van der Waals surface area contributed by atoms with Crippen molar-refractivity contribution in [3.63, 3.8) is 0 Å². The number of carbonyl (C=O) groups is 4. The van der Waals surface area contributed by atoms with Gasteiger partial charge in [-0.1, -0.05) is 109 Å². The molecule has 9 heteroatoms. The molecule has 0 bridgehead atoms. The van der Waals surface area contributed by atoms with E-state index >= 15 is 0 Å². The quantitative estimate of drug-likeness (QED) is 0.0833. The number of Topliss-reactive ketones (excluding diaryl/α,β-unsaturated/α-hetero) is 1. The van der Waals surface area contributed by atoms with Gasteiger partial charge in [0.15, 0.2) is 12.4 Å². The van der Waals surface area contributed by atoms with Crippen LogP contribution in [-0.2, 0) is 28.7 Å². The van der Waals surface area contributed by atoms with Gasteiger partial charge in [-0.15, -0.1) is 0 Å². The number of carbonyl (C=O) groups excluding carboxylic acids is 4. The van der Waals surface area contributed by atoms with Gasteiger partial charge in [0.2, 0.25) is 5.78 Å². The van der Waals surface area contributed by atoms with Crippen molar-refractivity contribution in [2.75, 3.05) is 13.2 Å². The number of allylic oxidation sites excluding steroid dienone is 3. The number of ether oxygens (including phenoxy) is 2. The molecule has 0 aromatic carbocycles. The summed E-state index contributed by atoms with van der Waals surface area (Å²) in [6.45, 7) is 4.66. The topological polar surface area (TPSA) is 147 Å². The number of hydrogen-bond donors (Lipinski definition) is 3. The first-order valence-electron chi connectivity index (χ1n) is 19.8. The van der Waals surface area contributed by atoms with Gasteiger partial charge >= 0.3 is 11.9 Å². The maximum atomic E-state index is 13.6. The first-order valence-corrected chi connectivity index (χ1v) is 19.8. The van der Waals surface area contributed by atoms with E-state index in [9.17, 15) is 34.5 Å². The minimum absolute atomic E-state index is 0.119. The van der Waals surface area contributed by atoms with Crippen molar-refractivity contribution < 1.29 is 44.0 Å². The fourth-order valence-corrected chi connectivity index (χ4v) is 10.1. The Balaban J connectivity index is 1.20. The van der Waals surface area contributed by atoms with Gasteiger partial charge in [-0.25, -0.2) is 4.79 Å². The van der Waals surface area contributed by atoms with Gasteiger partial charge in [0, 0.05) is 23.8 Å². The Bertz CT molecular complexity index is 1250. The largest absolute Gasteiger partial charge is 0.458 e. The molecule has 0 radical (unpaired) electrons. The molecule has 7 atom stereocenters. The number of aliphatic hydroxyl groups excluding tert-OH is 2. The predicted molar refractivity (Wildman–Crippen MR) is 191 cm³/mol. The summed E-state index contributed by atoms with van der Waals surface area (Å²) in [6, 6.07) is 0. The summed E-state index contributed by atoms with van der Waals surface area (Å²) < 4.78 is 10.9. The number of fused-ring (bicyclic) bond motifs is 5. The van der Waals surface area contributed by atoms with Gasteiger partial charge in [-0.2, -0.15) is 0 Å². The Kier molecular flexibility index (Phi) is 14.9. The molecule has 0 saturated heterocycles. The highest BCUT2D eigenvalue weighted by Crippen LogP contribution is 2.68. The van der Waals surface area contributed by atoms with Crippen LogP contribution in [0.25, 0.3) is 0 Å². The van der Waals surface area contributed by atoms with Crippen LogP contribution in [0.15, 0.2) is 23.5 Å². The van der Waals surface area contributed by atoms with Crippen molar-refractivity contribution in [1.82, 2.24) is 0 Å². The van der Waals surface area contributed by atoms with Crippen LogP contribution in [0.5, 0.6) is 0 Å². The first-order chi connectivity index (χ1) is 23.9. The summed E-state index contributed by atoms with van der Waals surface area (Å²) in [5, 5.41) is 33.1. The second-order valence-electron chi connectivity index (χ2n) is 16.1. The van der Waals surface area contributed by atoms with Gasteiger partial charge in [0.1, 0.15) is 18.0 Å². The van der Waals surface area contributed by atoms with Crippen LogP contribution in [0.3, 0.4) is 0 Å². The van der Waals surface area contributed by atoms with E-state index in [0.29, 0.717) is 19.3 Å². The second-order valence-corrected chi connectivity index (χ2v) is 16.1. The van der Waals surface area contributed by atoms with E-state index in [1.165, 1.54) is 83.1 Å². The van der Waals surface area contributed by atoms with Crippen molar-refractivity contribution in [3.05, 3.63) is 23.5 Å². The molecule has 4 aliphatic rings. The standard InChI is InChI=1S/C41H64O9/c1-4-5-6-7-8-9-10-11-12-13-14-15-16-17-18-19-36(46)49-28-34(45)41(48)23-22-32-31-21-20-29-24-30(43)25-35(50-37(47)27-42)40(29,3)38(31)33(44)26-39(32,41)2/h24-25,31-33,38,42,44,48H,4-23,26-28H2,1-3H3/t31-,32-,33-,38+,39-,40+,41-/m0/s1. The number of ketones is 2. The molecule has 0 unspecified atom stereocenters. The fraction of sp³-hybridized carbons (Fsp3) is 0.805. The molecular formula is C41H64O9. The Morgan fingerprint density at radius 1 is 0.840 bits per heavy atom. The molecule has 282 valence electrons. The van der Waals surface area contributed by atoms with Crippen LogP contribution in [0.4, 0.5) is 0 Å². The molecule has 0 amide bonds. The molecule has 3 fully saturated rings. The van der Waals surface area contributed by atoms with E-state index in [-0.39, 0.29) is 42.6 Å². The molecule has 0 aromatic rings. The zero-order valence-corrected chi connectivity index (χ0v) is 31.0. The van der Waals surface area contributed by atoms with Gasteiger partial charge in [-0.05, 0) is 63.4 Å². The molecule has 0 heterocycles. The summed E-state index contributed by atoms with van der Waals surface area (Å²) >= 11 is 0. The summed E-state index contributed by atoms with van der Waals surface area (Å²) in [4.78, 5) is 50.8. The minimum Gasteiger partial charge on any atom is -0.458 e. The highest BCUT2D eigenvalue weighted by Gasteiger charge is 2.69. The third-order valence-electron chi connectivity index (χ3n) is 13.0. The van der Waals surface area contributed by atoms with E-state index in [1.807, 2.05) is 13.8 Å². The first kappa shape index (κ1) is 40.4. The van der Waals surface area contributed by atoms with Crippen LogP contribution in [-0.4, -0.2) is 63.7 Å². The maximum absolute atomic E-state index is 13.6. The van der Waals surface area contributed by atoms with Crippen molar-refractivity contribution in [3.8, 4) is 0 Å². The van der Waals surface area contributed by atoms with Gasteiger partial charge in [-0.3, -0.25) is 14.4 Å². The maximum Gasteiger partial charge on any atom is 0.336 e. The van der Waals surface area contributed by atoms with E-state index in [2.05, 4.69) is 6.92 Å². The summed E-state index contributed by atoms with van der Waals surface area (Å²) in [5.74, 6) is -2.67. The average molecular weight is 701 g/mol. The molecule has 0 spiro atoms. The van der Waals surface area contributed by atoms with E-state index < -0.39 is 59.4 Å². The molecule has 3 saturated carbocycles. The highest BCUT2D eigenvalue weighted by atomic mass is 16.6. The molecule has 4 aliphatic carbocycles. The Morgan fingerprint density at radius 3 is 2.00 bits per heavy atom. The summed E-state index contributed by atoms with van der Waals surface area (Å²) in [7, 11) is 0. The third-order valence-corrected chi connectivity index (χ3v) is 13.0. The van der Waals surface area contributed by atoms with Crippen LogP contribution in [0, 0.1) is 28.6 Å². The number of rotatable bonds is 21. The number of hydrogen-bond acceptors (Lipinski definition) is 9. The predicted octanol–water partition coefficient (Wildman–Crippen LogP) is 7.23. The van der Waals surface area contributed by atoms with Crippen LogP contribution in [0.2, 0.25) is 0 Å². The normalized spacial score (nSPS) is 31.6. The minimum atomic E-state index is -1.75. The molecular weight excluding hydrogens is 636 g/mol. The zero-order valence-electron chi connectivity index (χ0n) is 31.0. The molecule has 0 aromatic heterocycles. The van der Waals surface area contributed by atoms with Gasteiger partial charge in [0.25, 0.3) is 0 Å². The lowest BCUT2D eigenvalue weighted by molar-refractivity contribution is -0.184. The van der Waals surface area contributed by atoms with E-state index in [0.717, 1.165) is 24.8 Å². The molecule has 3 N–H and O–H groups in total. The van der Waals surface area contributed by atoms with Crippen LogP contribution in [0.1, 0.15) is 156 Å². The SMILES string of the molecule is CCCCCCCCCCCCCCCCCC(=O)OCC(=O)[C@@]1(O)CC[C@H]2[C@@H]3CCC4=CC(=O)C=C(OC(=O)CO)[C@]4(C)[C@H]3[C@@H](O)C[C@@]21C. The lowest BCUT2D eigenvalue weighted by Crippen LogP contribution is -2.62. The highest BCUT2D eigenvalue weighted by molar-refractivity contribution is 6.02. The fourth-order valence-electron chi connectivity index (χ4n) is 10.1. The molecule has 50 heavy (non-hydrogen) atoms. The Labute approximate surface area is 299 Å². The van der Waals surface area contributed by atoms with Crippen molar-refractivity contribution in [2.45, 2.75) is 167 Å². The molecule has 0 aliphatic heterocycles. The number of esters is 2. The van der Waals surface area contributed by atoms with E-state index in [1.54, 1.807) is 6.08 Å². The van der Waals surface area contributed by atoms with Crippen LogP contribution < -0.4 is 0 Å². The van der Waals surface area contributed by atoms with Crippen molar-refractivity contribution in [2.24, 2.45) is 28.6 Å². The van der Waals surface area contributed by atoms with Gasteiger partial charge in [0.05, 0.1) is 11.5 Å². The number of unbranched alkanes of at least 4 members (excludes halogenated alkanes) is 14. The Morgan fingerprint density at radius 2 is 1.42 bits per heavy atom. The Hall–Kier alpha value is -2.36. The monoisotopic (exact) mass is 700 g/mol. The van der Waals surface area contributed by atoms with E-state index in [4.69, 9.17) is 9.47 Å². The van der Waals surface area contributed by atoms with Gasteiger partial charge < -0.3 is 24.8 Å². The summed E-state index contributed by atoms with van der Waals surface area (Å²) in [5.41, 5.74) is -2.87. The van der Waals surface area contributed by atoms with Crippen molar-refractivity contribution >= 4 is 23.5 Å². The lowest BCUT2D eigenvalue weighted by atomic mass is 9.45. The van der Waals surface area contributed by atoms with Crippen LogP contribution >= 0.6 is 0 Å². The zero-order chi connectivity index (χ0) is 36.4. The smallest absolute Gasteiger partial charge is 0.336 e. The molecule has 9 nitrogen and oxygen atoms in total.